The molecule has 1 saturated heterocycles. The van der Waals surface area contributed by atoms with Crippen LogP contribution in [0.3, 0.4) is 0 Å². The molecule has 3 aliphatic rings. The van der Waals surface area contributed by atoms with Crippen molar-refractivity contribution in [1.82, 2.24) is 49.1 Å². The maximum absolute atomic E-state index is 14.0. The van der Waals surface area contributed by atoms with E-state index >= 15 is 0 Å². The van der Waals surface area contributed by atoms with E-state index in [1.807, 2.05) is 69.0 Å². The molecule has 11 rings (SSSR count). The van der Waals surface area contributed by atoms with E-state index in [2.05, 4.69) is 75.8 Å². The zero-order chi connectivity index (χ0) is 61.6. The van der Waals surface area contributed by atoms with Crippen LogP contribution in [0, 0.1) is 46.3 Å². The number of nitrogens with one attached hydrogen (secondary N) is 2. The zero-order valence-electron chi connectivity index (χ0n) is 49.5. The highest BCUT2D eigenvalue weighted by Crippen LogP contribution is 2.49. The number of imidazole rings is 2. The molecule has 0 radical (unpaired) electrons. The Labute approximate surface area is 507 Å². The van der Waals surface area contributed by atoms with Crippen molar-refractivity contribution in [2.45, 2.75) is 132 Å². The predicted molar refractivity (Wildman–Crippen MR) is 334 cm³/mol. The van der Waals surface area contributed by atoms with Crippen molar-refractivity contribution in [3.63, 3.8) is 0 Å². The second kappa shape index (κ2) is 25.9. The number of esters is 1. The third-order valence-corrected chi connectivity index (χ3v) is 16.0. The molecule has 0 bridgehead atoms. The summed E-state index contributed by atoms with van der Waals surface area (Å²) in [6.07, 6.45) is 11.6. The normalized spacial score (nSPS) is 14.5. The van der Waals surface area contributed by atoms with Gasteiger partial charge in [-0.2, -0.15) is 4.99 Å². The molecule has 24 heteroatoms. The summed E-state index contributed by atoms with van der Waals surface area (Å²) in [5.41, 5.74) is 5.92. The number of aromatic amines is 2. The summed E-state index contributed by atoms with van der Waals surface area (Å²) in [5.74, 6) is 3.82. The number of ether oxygens (including phenoxy) is 3. The molecule has 7 heterocycles. The van der Waals surface area contributed by atoms with Crippen LogP contribution in [0.5, 0.6) is 11.5 Å². The summed E-state index contributed by atoms with van der Waals surface area (Å²) in [6, 6.07) is 14.9. The summed E-state index contributed by atoms with van der Waals surface area (Å²) in [7, 11) is 1.44. The number of thiocarbonyl (C=S) groups is 2. The Morgan fingerprint density at radius 2 is 1.27 bits per heavy atom. The first-order chi connectivity index (χ1) is 41.4. The molecule has 0 atom stereocenters. The molecule has 6 aromatic heterocycles. The Morgan fingerprint density at radius 1 is 0.733 bits per heavy atom. The van der Waals surface area contributed by atoms with Gasteiger partial charge in [0, 0.05) is 18.5 Å². The number of fused-ring (bicyclic) bond motifs is 2. The largest absolute Gasteiger partial charge is 0.493 e. The van der Waals surface area contributed by atoms with E-state index in [1.54, 1.807) is 35.0 Å². The molecule has 2 N–H and O–H groups in total. The fourth-order valence-corrected chi connectivity index (χ4v) is 11.8. The van der Waals surface area contributed by atoms with Crippen LogP contribution in [0.15, 0.2) is 75.5 Å². The highest BCUT2D eigenvalue weighted by atomic mass is 32.1. The number of benzene rings is 2. The highest BCUT2D eigenvalue weighted by molar-refractivity contribution is 7.81. The van der Waals surface area contributed by atoms with Gasteiger partial charge in [0.25, 0.3) is 28.7 Å². The summed E-state index contributed by atoms with van der Waals surface area (Å²) >= 11 is 10.4. The number of aliphatic imine (C=N–C) groups is 1. The molecule has 1 spiro atoms. The number of amides is 1. The molecule has 2 aromatic carbocycles. The first kappa shape index (κ1) is 61.2. The average Bonchev–Trinajstić information content (AvgIpc) is 1.59. The van der Waals surface area contributed by atoms with Crippen LogP contribution in [-0.2, 0) is 33.6 Å². The Bertz CT molecular complexity index is 4230. The topological polar surface area (TPSA) is 241 Å². The molecule has 2 aliphatic carbocycles. The standard InChI is InChI=1S/C30H30N8O3S.C24H30N4O4.C8H5N3S/c1-6-9-23-33-18(4)24-27(39)34-26(35-38(23)24)21-15-19(10-11-22(21)41-7-2)37-29(42)36(28(40)30(37)12-8-13-30)20-14-17(3)25(31-5)32-16-20;1-5-8-19-25-15(3)20-22(29)26-21(27-28(19)20)17-13-16(9-10-18(17)32-6-2)14-24(11-7-12-24)23(30)31-4;1-6-3-7(11-5-12)4-10-8(6)9-2/h10-11,14-16H,6-9,12-13H2,1-4H3,(H,34,35,39);9-10,13H,5-8,11-12,14H2,1-4H3,(H,26,27,29);3-4H,1H3. The smallest absolute Gasteiger partial charge is 0.312 e. The SMILES string of the molecule is CCCc1nc(C)c2c(=O)[nH]c(-c3cc(CC4(C(=O)OC)CCC4)ccc3OCC)nn12.[C-]#[N+]c1ncc(N2C(=O)C3(CCC3)N(c3ccc(OCC)c(-c4nn5c(CCC)nc(C)c5c(=O)[nH]4)c3)C2=S)cc1C.[C-]#[N+]c1ncc(N=C=S)cc1C. The van der Waals surface area contributed by atoms with Gasteiger partial charge in [0.1, 0.15) is 46.8 Å². The monoisotopic (exact) mass is 1200 g/mol. The van der Waals surface area contributed by atoms with Crippen LogP contribution in [0.1, 0.15) is 119 Å². The molecule has 8 aromatic rings. The van der Waals surface area contributed by atoms with Crippen LogP contribution in [0.2, 0.25) is 0 Å². The lowest BCUT2D eigenvalue weighted by atomic mass is 9.65. The average molecular weight is 1200 g/mol. The van der Waals surface area contributed by atoms with Gasteiger partial charge in [0.05, 0.1) is 59.1 Å². The maximum atomic E-state index is 14.0. The van der Waals surface area contributed by atoms with Crippen LogP contribution in [-0.4, -0.2) is 97.1 Å². The number of anilines is 2. The number of isothiocyanates is 1. The molecule has 2 saturated carbocycles. The summed E-state index contributed by atoms with van der Waals surface area (Å²) < 4.78 is 20.2. The fraction of sp³-hybridized carbons (Fsp3) is 0.387. The van der Waals surface area contributed by atoms with Crippen molar-refractivity contribution in [3.8, 4) is 34.3 Å². The van der Waals surface area contributed by atoms with Gasteiger partial charge >= 0.3 is 5.97 Å². The minimum Gasteiger partial charge on any atom is -0.493 e. The molecular formula is C62H65N15O7S2. The van der Waals surface area contributed by atoms with Crippen molar-refractivity contribution >= 4 is 86.3 Å². The van der Waals surface area contributed by atoms with E-state index in [9.17, 15) is 19.2 Å². The molecule has 442 valence electrons. The Kier molecular flexibility index (Phi) is 18.4. The minimum atomic E-state index is -0.825. The van der Waals surface area contributed by atoms with Gasteiger partial charge < -0.3 is 38.8 Å². The maximum Gasteiger partial charge on any atom is 0.312 e. The molecule has 1 amide bonds. The van der Waals surface area contributed by atoms with Gasteiger partial charge in [0.15, 0.2) is 27.8 Å². The molecular weight excluding hydrogens is 1130 g/mol. The van der Waals surface area contributed by atoms with Crippen molar-refractivity contribution in [2.75, 3.05) is 30.1 Å². The molecule has 0 unspecified atom stereocenters. The van der Waals surface area contributed by atoms with Gasteiger partial charge in [-0.15, -0.1) is 20.2 Å². The van der Waals surface area contributed by atoms with Gasteiger partial charge in [-0.25, -0.2) is 19.0 Å². The first-order valence-electron chi connectivity index (χ1n) is 28.5. The number of carbonyl (C=O) groups is 2. The van der Waals surface area contributed by atoms with Gasteiger partial charge in [0.2, 0.25) is 0 Å². The van der Waals surface area contributed by atoms with E-state index in [4.69, 9.17) is 49.8 Å². The Morgan fingerprint density at radius 3 is 1.73 bits per heavy atom. The van der Waals surface area contributed by atoms with E-state index < -0.39 is 11.0 Å². The fourth-order valence-electron chi connectivity index (χ4n) is 11.2. The molecule has 22 nitrogen and oxygen atoms in total. The van der Waals surface area contributed by atoms with Crippen molar-refractivity contribution in [1.29, 1.82) is 0 Å². The number of aryl methyl sites for hydroxylation is 6. The summed E-state index contributed by atoms with van der Waals surface area (Å²) in [6.45, 7) is 30.1. The Balaban J connectivity index is 0.000000177. The molecule has 86 heavy (non-hydrogen) atoms. The zero-order valence-corrected chi connectivity index (χ0v) is 51.1. The van der Waals surface area contributed by atoms with E-state index in [0.29, 0.717) is 129 Å². The van der Waals surface area contributed by atoms with Crippen molar-refractivity contribution in [2.24, 2.45) is 10.4 Å². The lowest BCUT2D eigenvalue weighted by molar-refractivity contribution is -0.158. The third-order valence-electron chi connectivity index (χ3n) is 15.6. The first-order valence-corrected chi connectivity index (χ1v) is 29.3. The number of carbonyl (C=O) groups excluding carboxylic acids is 2. The lowest BCUT2D eigenvalue weighted by Crippen LogP contribution is -2.55. The highest BCUT2D eigenvalue weighted by Gasteiger charge is 2.60. The van der Waals surface area contributed by atoms with E-state index in [1.165, 1.54) is 24.4 Å². The van der Waals surface area contributed by atoms with Crippen LogP contribution in [0.4, 0.5) is 28.7 Å². The predicted octanol–water partition coefficient (Wildman–Crippen LogP) is 11.4. The molecule has 1 aliphatic heterocycles. The van der Waals surface area contributed by atoms with Crippen molar-refractivity contribution < 1.29 is 23.8 Å². The number of hydrogen-bond donors (Lipinski definition) is 2. The second-order valence-electron chi connectivity index (χ2n) is 21.3. The number of aromatic nitrogens is 10. The van der Waals surface area contributed by atoms with Crippen LogP contribution in [0.25, 0.3) is 43.5 Å². The lowest BCUT2D eigenvalue weighted by Gasteiger charge is -2.43. The molecule has 3 fully saturated rings. The quantitative estimate of drug-likeness (QED) is 0.0395. The van der Waals surface area contributed by atoms with Gasteiger partial charge in [-0.1, -0.05) is 39.5 Å². The number of pyridine rings is 2. The van der Waals surface area contributed by atoms with Crippen LogP contribution < -0.4 is 30.4 Å². The van der Waals surface area contributed by atoms with Gasteiger partial charge in [-0.05, 0) is 176 Å². The van der Waals surface area contributed by atoms with Crippen LogP contribution >= 0.6 is 24.4 Å². The second-order valence-corrected chi connectivity index (χ2v) is 21.8. The van der Waals surface area contributed by atoms with Crippen molar-refractivity contribution in [3.05, 3.63) is 144 Å². The number of hydrogen-bond acceptors (Lipinski definition) is 16. The third kappa shape index (κ3) is 11.6. The summed E-state index contributed by atoms with van der Waals surface area (Å²) in [5, 5.41) is 12.1. The Hall–Kier alpha value is -9.35. The van der Waals surface area contributed by atoms with Gasteiger partial charge in [-0.3, -0.25) is 24.1 Å². The van der Waals surface area contributed by atoms with E-state index in [0.717, 1.165) is 67.7 Å². The number of rotatable bonds is 16. The summed E-state index contributed by atoms with van der Waals surface area (Å²) in [4.78, 5) is 89.5. The number of H-pyrrole nitrogens is 2. The number of methoxy groups -OCH3 is 1. The van der Waals surface area contributed by atoms with E-state index in [-0.39, 0.29) is 28.8 Å². The number of nitrogens with zero attached hydrogens (tertiary/aromatic N) is 13. The minimum absolute atomic E-state index is 0.114.